The van der Waals surface area contributed by atoms with E-state index in [-0.39, 0.29) is 42.8 Å². The number of carbonyl (C=O) groups is 2. The number of pyridine rings is 1. The van der Waals surface area contributed by atoms with Gasteiger partial charge in [-0.25, -0.2) is 0 Å². The fourth-order valence-corrected chi connectivity index (χ4v) is 5.21. The molecule has 4 rings (SSSR count). The second kappa shape index (κ2) is 10.7. The minimum absolute atomic E-state index is 0.0608. The van der Waals surface area contributed by atoms with Crippen LogP contribution in [0.4, 0.5) is 5.69 Å². The lowest BCUT2D eigenvalue weighted by molar-refractivity contribution is -0.139. The highest BCUT2D eigenvalue weighted by atomic mass is 16.5. The third kappa shape index (κ3) is 4.60. The Kier molecular flexibility index (Phi) is 7.65. The molecular weight excluding hydrogens is 474 g/mol. The molecule has 9 heteroatoms. The summed E-state index contributed by atoms with van der Waals surface area (Å²) in [6.45, 7) is 6.21. The molecule has 3 heterocycles. The number of aliphatic hydroxyl groups excluding tert-OH is 1. The number of ether oxygens (including phenoxy) is 1. The van der Waals surface area contributed by atoms with Crippen molar-refractivity contribution < 1.29 is 24.5 Å². The van der Waals surface area contributed by atoms with E-state index < -0.39 is 17.4 Å². The van der Waals surface area contributed by atoms with Gasteiger partial charge in [-0.15, -0.1) is 6.58 Å². The number of rotatable bonds is 9. The molecule has 1 aromatic heterocycles. The molecule has 0 unspecified atom stereocenters. The van der Waals surface area contributed by atoms with Gasteiger partial charge in [-0.2, -0.15) is 0 Å². The van der Waals surface area contributed by atoms with Crippen LogP contribution >= 0.6 is 0 Å². The molecule has 0 saturated carbocycles. The number of nitrogens with zero attached hydrogens (tertiary/aromatic N) is 3. The maximum Gasteiger partial charge on any atom is 0.297 e. The molecule has 3 atom stereocenters. The summed E-state index contributed by atoms with van der Waals surface area (Å²) in [5.41, 5.74) is -0.890. The normalized spacial score (nSPS) is 21.9. The third-order valence-electron chi connectivity index (χ3n) is 7.26. The van der Waals surface area contributed by atoms with Gasteiger partial charge in [-0.1, -0.05) is 25.2 Å². The first-order valence-corrected chi connectivity index (χ1v) is 12.4. The molecule has 2 amide bonds. The van der Waals surface area contributed by atoms with Crippen LogP contribution in [0.3, 0.4) is 0 Å². The first kappa shape index (κ1) is 26.4. The summed E-state index contributed by atoms with van der Waals surface area (Å²) in [6, 6.07) is 8.15. The lowest BCUT2D eigenvalue weighted by Gasteiger charge is -2.28. The van der Waals surface area contributed by atoms with E-state index in [0.717, 1.165) is 12.8 Å². The zero-order valence-electron chi connectivity index (χ0n) is 21.2. The van der Waals surface area contributed by atoms with Gasteiger partial charge in [0.15, 0.2) is 11.4 Å². The molecule has 196 valence electrons. The van der Waals surface area contributed by atoms with E-state index in [2.05, 4.69) is 6.58 Å². The summed E-state index contributed by atoms with van der Waals surface area (Å²) in [7, 11) is 1.42. The molecule has 1 saturated heterocycles. The molecular formula is C28H33N3O6. The second-order valence-corrected chi connectivity index (χ2v) is 9.41. The smallest absolute Gasteiger partial charge is 0.297 e. The number of amides is 2. The van der Waals surface area contributed by atoms with Gasteiger partial charge in [0.05, 0.1) is 25.4 Å². The minimum atomic E-state index is -1.91. The van der Waals surface area contributed by atoms with Crippen molar-refractivity contribution in [1.29, 1.82) is 0 Å². The second-order valence-electron chi connectivity index (χ2n) is 9.41. The Labute approximate surface area is 215 Å². The summed E-state index contributed by atoms with van der Waals surface area (Å²) < 4.78 is 6.54. The maximum atomic E-state index is 13.5. The highest BCUT2D eigenvalue weighted by molar-refractivity contribution is 6.07. The van der Waals surface area contributed by atoms with Crippen molar-refractivity contribution in [2.24, 2.45) is 5.92 Å². The minimum Gasteiger partial charge on any atom is -0.491 e. The molecule has 0 bridgehead atoms. The van der Waals surface area contributed by atoms with E-state index >= 15 is 0 Å². The van der Waals surface area contributed by atoms with Crippen LogP contribution in [0.15, 0.2) is 66.1 Å². The summed E-state index contributed by atoms with van der Waals surface area (Å²) >= 11 is 0. The van der Waals surface area contributed by atoms with E-state index in [1.807, 2.05) is 0 Å². The van der Waals surface area contributed by atoms with Crippen molar-refractivity contribution in [3.8, 4) is 11.4 Å². The molecule has 2 aromatic rings. The van der Waals surface area contributed by atoms with E-state index in [4.69, 9.17) is 4.74 Å². The van der Waals surface area contributed by atoms with Crippen molar-refractivity contribution in [2.45, 2.75) is 37.8 Å². The Bertz CT molecular complexity index is 1280. The summed E-state index contributed by atoms with van der Waals surface area (Å²) in [4.78, 5) is 42.1. The van der Waals surface area contributed by atoms with Crippen molar-refractivity contribution >= 4 is 17.5 Å². The van der Waals surface area contributed by atoms with E-state index in [1.165, 1.54) is 16.6 Å². The number of aromatic nitrogens is 1. The third-order valence-corrected chi connectivity index (χ3v) is 7.26. The van der Waals surface area contributed by atoms with E-state index in [1.54, 1.807) is 66.6 Å². The lowest BCUT2D eigenvalue weighted by Crippen LogP contribution is -2.44. The Balaban J connectivity index is 1.67. The Morgan fingerprint density at radius 3 is 2.81 bits per heavy atom. The van der Waals surface area contributed by atoms with Crippen LogP contribution in [0, 0.1) is 5.92 Å². The Morgan fingerprint density at radius 1 is 1.32 bits per heavy atom. The van der Waals surface area contributed by atoms with E-state index in [0.29, 0.717) is 23.5 Å². The molecule has 0 radical (unpaired) electrons. The number of anilines is 1. The van der Waals surface area contributed by atoms with Gasteiger partial charge >= 0.3 is 0 Å². The number of hydrogen-bond donors (Lipinski definition) is 2. The van der Waals surface area contributed by atoms with Crippen LogP contribution in [-0.2, 0) is 15.2 Å². The standard InChI is InChI=1S/C28H33N3O6/c1-4-14-31-23-13-12-20(30-16-7-10-24(37-3)26(30)34)17-22(23)28(36,27(31)35)19(2)8-5-11-25(33)29-15-6-9-21(29)18-32/h4-5,7-8,10,12-13,16-17,19,21,32,36H,1,6,9,11,14-15,18H2,2-3H3/b8-5+/t19-,21-,28+/m0/s1. The van der Waals surface area contributed by atoms with Crippen LogP contribution in [0.2, 0.25) is 0 Å². The number of benzene rings is 1. The van der Waals surface area contributed by atoms with Gasteiger partial charge in [0.1, 0.15) is 0 Å². The SMILES string of the molecule is C=CCN1C(=O)[C@@](O)([C@@H](C)/C=C/CC(=O)N2CCC[C@H]2CO)c2cc(-n3cccc(OC)c3=O)ccc21. The molecule has 2 aliphatic rings. The van der Waals surface area contributed by atoms with Gasteiger partial charge in [0.25, 0.3) is 11.5 Å². The molecule has 0 spiro atoms. The summed E-state index contributed by atoms with van der Waals surface area (Å²) in [5.74, 6) is -1.10. The van der Waals surface area contributed by atoms with Crippen LogP contribution in [0.25, 0.3) is 5.69 Å². The number of likely N-dealkylation sites (tertiary alicyclic amines) is 1. The van der Waals surface area contributed by atoms with Gasteiger partial charge in [0, 0.05) is 42.9 Å². The Morgan fingerprint density at radius 2 is 2.11 bits per heavy atom. The van der Waals surface area contributed by atoms with Gasteiger partial charge in [-0.05, 0) is 43.2 Å². The molecule has 0 aliphatic carbocycles. The quantitative estimate of drug-likeness (QED) is 0.503. The monoisotopic (exact) mass is 507 g/mol. The van der Waals surface area contributed by atoms with Crippen LogP contribution in [0.1, 0.15) is 31.7 Å². The number of methoxy groups -OCH3 is 1. The van der Waals surface area contributed by atoms with Crippen LogP contribution in [0.5, 0.6) is 5.75 Å². The Hall–Kier alpha value is -3.69. The molecule has 2 N–H and O–H groups in total. The predicted molar refractivity (Wildman–Crippen MR) is 140 cm³/mol. The molecule has 37 heavy (non-hydrogen) atoms. The maximum absolute atomic E-state index is 13.5. The highest BCUT2D eigenvalue weighted by Crippen LogP contribution is 2.46. The molecule has 1 fully saturated rings. The molecule has 9 nitrogen and oxygen atoms in total. The summed E-state index contributed by atoms with van der Waals surface area (Å²) in [6.07, 6.45) is 8.26. The molecule has 1 aromatic carbocycles. The van der Waals surface area contributed by atoms with E-state index in [9.17, 15) is 24.6 Å². The lowest BCUT2D eigenvalue weighted by atomic mass is 9.82. The number of aliphatic hydroxyl groups is 2. The summed E-state index contributed by atoms with van der Waals surface area (Å²) in [5, 5.41) is 21.4. The zero-order valence-corrected chi connectivity index (χ0v) is 21.2. The van der Waals surface area contributed by atoms with Crippen molar-refractivity contribution in [3.05, 3.63) is 77.3 Å². The highest BCUT2D eigenvalue weighted by Gasteiger charge is 2.52. The average molecular weight is 508 g/mol. The fourth-order valence-electron chi connectivity index (χ4n) is 5.21. The first-order valence-electron chi connectivity index (χ1n) is 12.4. The van der Waals surface area contributed by atoms with Gasteiger partial charge < -0.3 is 24.7 Å². The number of carbonyl (C=O) groups excluding carboxylic acids is 2. The largest absolute Gasteiger partial charge is 0.491 e. The zero-order chi connectivity index (χ0) is 26.7. The van der Waals surface area contributed by atoms with Gasteiger partial charge in [0.2, 0.25) is 5.91 Å². The topological polar surface area (TPSA) is 112 Å². The predicted octanol–water partition coefficient (Wildman–Crippen LogP) is 2.13. The first-order chi connectivity index (χ1) is 17.8. The number of hydrogen-bond acceptors (Lipinski definition) is 6. The van der Waals surface area contributed by atoms with Crippen molar-refractivity contribution in [2.75, 3.05) is 31.7 Å². The molecule has 2 aliphatic heterocycles. The van der Waals surface area contributed by atoms with Gasteiger partial charge in [-0.3, -0.25) is 19.0 Å². The fraction of sp³-hybridized carbons (Fsp3) is 0.393. The average Bonchev–Trinajstić information content (AvgIpc) is 3.47. The van der Waals surface area contributed by atoms with Crippen LogP contribution < -0.4 is 15.2 Å². The number of fused-ring (bicyclic) bond motifs is 1. The van der Waals surface area contributed by atoms with Crippen LogP contribution in [-0.4, -0.2) is 64.3 Å². The van der Waals surface area contributed by atoms with Crippen molar-refractivity contribution in [1.82, 2.24) is 9.47 Å². The van der Waals surface area contributed by atoms with Crippen molar-refractivity contribution in [3.63, 3.8) is 0 Å².